The number of hydrogen-bond donors (Lipinski definition) is 0. The van der Waals surface area contributed by atoms with Gasteiger partial charge in [-0.05, 0) is 37.5 Å². The molecule has 3 aromatic rings. The molecular weight excluding hydrogens is 358 g/mol. The SMILES string of the molecule is Cc1nccc(N2CCC[C@H](c3c(C(=O)N(C)C)sc4ncccc34)C2)n1. The van der Waals surface area contributed by atoms with Gasteiger partial charge in [0.15, 0.2) is 0 Å². The predicted molar refractivity (Wildman–Crippen MR) is 109 cm³/mol. The Hall–Kier alpha value is -2.54. The minimum absolute atomic E-state index is 0.0583. The Balaban J connectivity index is 1.74. The number of thiophene rings is 1. The maximum absolute atomic E-state index is 12.8. The van der Waals surface area contributed by atoms with Crippen LogP contribution in [-0.4, -0.2) is 52.9 Å². The summed E-state index contributed by atoms with van der Waals surface area (Å²) in [6, 6.07) is 6.01. The first kappa shape index (κ1) is 17.9. The van der Waals surface area contributed by atoms with Gasteiger partial charge in [-0.25, -0.2) is 15.0 Å². The Bertz CT molecular complexity index is 983. The number of carbonyl (C=O) groups is 1. The number of hydrogen-bond acceptors (Lipinski definition) is 6. The summed E-state index contributed by atoms with van der Waals surface area (Å²) in [5.41, 5.74) is 1.15. The second kappa shape index (κ2) is 7.23. The van der Waals surface area contributed by atoms with Crippen LogP contribution in [0.1, 0.15) is 39.8 Å². The Morgan fingerprint density at radius 1 is 1.26 bits per heavy atom. The second-order valence-electron chi connectivity index (χ2n) is 7.15. The van der Waals surface area contributed by atoms with Crippen molar-refractivity contribution < 1.29 is 4.79 Å². The molecule has 6 nitrogen and oxygen atoms in total. The number of amides is 1. The highest BCUT2D eigenvalue weighted by atomic mass is 32.1. The molecule has 0 radical (unpaired) electrons. The number of fused-ring (bicyclic) bond motifs is 1. The highest BCUT2D eigenvalue weighted by molar-refractivity contribution is 7.20. The molecule has 1 amide bonds. The van der Waals surface area contributed by atoms with Crippen LogP contribution in [0, 0.1) is 6.92 Å². The zero-order valence-electron chi connectivity index (χ0n) is 15.8. The average Bonchev–Trinajstić information content (AvgIpc) is 3.07. The maximum atomic E-state index is 12.8. The van der Waals surface area contributed by atoms with E-state index in [1.807, 2.05) is 25.3 Å². The van der Waals surface area contributed by atoms with Crippen molar-refractivity contribution in [1.82, 2.24) is 19.9 Å². The molecular formula is C20H23N5OS. The summed E-state index contributed by atoms with van der Waals surface area (Å²) in [4.78, 5) is 31.9. The van der Waals surface area contributed by atoms with Crippen molar-refractivity contribution in [2.45, 2.75) is 25.7 Å². The molecule has 140 valence electrons. The van der Waals surface area contributed by atoms with Crippen LogP contribution >= 0.6 is 11.3 Å². The van der Waals surface area contributed by atoms with E-state index in [-0.39, 0.29) is 11.8 Å². The normalized spacial score (nSPS) is 17.3. The first-order chi connectivity index (χ1) is 13.0. The molecule has 0 N–H and O–H groups in total. The molecule has 27 heavy (non-hydrogen) atoms. The molecule has 4 heterocycles. The van der Waals surface area contributed by atoms with Gasteiger partial charge < -0.3 is 9.80 Å². The van der Waals surface area contributed by atoms with Crippen LogP contribution in [0.25, 0.3) is 10.2 Å². The molecule has 1 fully saturated rings. The number of rotatable bonds is 3. The quantitative estimate of drug-likeness (QED) is 0.695. The maximum Gasteiger partial charge on any atom is 0.263 e. The Morgan fingerprint density at radius 2 is 2.11 bits per heavy atom. The summed E-state index contributed by atoms with van der Waals surface area (Å²) in [6.45, 7) is 3.74. The Kier molecular flexibility index (Phi) is 4.78. The number of piperidine rings is 1. The molecule has 1 aliphatic heterocycles. The largest absolute Gasteiger partial charge is 0.356 e. The molecule has 1 saturated heterocycles. The van der Waals surface area contributed by atoms with Crippen molar-refractivity contribution in [3.63, 3.8) is 0 Å². The number of pyridine rings is 1. The molecule has 0 bridgehead atoms. The number of anilines is 1. The molecule has 0 aliphatic carbocycles. The minimum atomic E-state index is 0.0583. The zero-order chi connectivity index (χ0) is 19.0. The lowest BCUT2D eigenvalue weighted by Gasteiger charge is -2.34. The Labute approximate surface area is 162 Å². The topological polar surface area (TPSA) is 62.2 Å². The summed E-state index contributed by atoms with van der Waals surface area (Å²) < 4.78 is 0. The number of carbonyl (C=O) groups excluding carboxylic acids is 1. The van der Waals surface area contributed by atoms with Crippen LogP contribution < -0.4 is 4.90 Å². The summed E-state index contributed by atoms with van der Waals surface area (Å²) in [5, 5.41) is 1.11. The van der Waals surface area contributed by atoms with E-state index >= 15 is 0 Å². The summed E-state index contributed by atoms with van der Waals surface area (Å²) >= 11 is 1.51. The molecule has 1 atom stereocenters. The fraction of sp³-hybridized carbons (Fsp3) is 0.400. The standard InChI is InChI=1S/C20H23N5OS/c1-13-21-10-8-16(23-13)25-11-5-6-14(12-25)17-15-7-4-9-22-19(15)27-18(17)20(26)24(2)3/h4,7-10,14H,5-6,11-12H2,1-3H3/t14-/m0/s1. The van der Waals surface area contributed by atoms with Crippen molar-refractivity contribution >= 4 is 33.3 Å². The van der Waals surface area contributed by atoms with Gasteiger partial charge in [0.25, 0.3) is 5.91 Å². The highest BCUT2D eigenvalue weighted by Crippen LogP contribution is 2.40. The van der Waals surface area contributed by atoms with Crippen molar-refractivity contribution in [2.24, 2.45) is 0 Å². The molecule has 1 aliphatic rings. The van der Waals surface area contributed by atoms with Gasteiger partial charge in [-0.1, -0.05) is 6.07 Å². The number of aromatic nitrogens is 3. The molecule has 0 unspecified atom stereocenters. The number of aryl methyl sites for hydroxylation is 1. The van der Waals surface area contributed by atoms with Crippen molar-refractivity contribution in [3.8, 4) is 0 Å². The monoisotopic (exact) mass is 381 g/mol. The minimum Gasteiger partial charge on any atom is -0.356 e. The average molecular weight is 382 g/mol. The first-order valence-corrected chi connectivity index (χ1v) is 10.00. The van der Waals surface area contributed by atoms with Gasteiger partial charge in [-0.3, -0.25) is 4.79 Å². The zero-order valence-corrected chi connectivity index (χ0v) is 16.7. The van der Waals surface area contributed by atoms with Gasteiger partial charge in [0.05, 0.1) is 4.88 Å². The van der Waals surface area contributed by atoms with E-state index in [1.165, 1.54) is 11.3 Å². The van der Waals surface area contributed by atoms with Crippen LogP contribution in [0.4, 0.5) is 5.82 Å². The predicted octanol–water partition coefficient (Wildman–Crippen LogP) is 3.48. The fourth-order valence-corrected chi connectivity index (χ4v) is 5.01. The van der Waals surface area contributed by atoms with E-state index in [1.54, 1.807) is 25.2 Å². The van der Waals surface area contributed by atoms with E-state index in [0.29, 0.717) is 0 Å². The van der Waals surface area contributed by atoms with Gasteiger partial charge in [-0.2, -0.15) is 0 Å². The number of nitrogens with zero attached hydrogens (tertiary/aromatic N) is 5. The molecule has 0 aromatic carbocycles. The van der Waals surface area contributed by atoms with E-state index in [2.05, 4.69) is 25.9 Å². The van der Waals surface area contributed by atoms with Crippen LogP contribution in [0.3, 0.4) is 0 Å². The summed E-state index contributed by atoms with van der Waals surface area (Å²) in [5.74, 6) is 2.09. The third-order valence-electron chi connectivity index (χ3n) is 5.02. The molecule has 0 spiro atoms. The first-order valence-electron chi connectivity index (χ1n) is 9.18. The lowest BCUT2D eigenvalue weighted by Crippen LogP contribution is -2.35. The van der Waals surface area contributed by atoms with Crippen LogP contribution in [-0.2, 0) is 0 Å². The van der Waals surface area contributed by atoms with Crippen molar-refractivity contribution in [3.05, 3.63) is 46.9 Å². The highest BCUT2D eigenvalue weighted by Gasteiger charge is 2.30. The van der Waals surface area contributed by atoms with Crippen LogP contribution in [0.15, 0.2) is 30.6 Å². The van der Waals surface area contributed by atoms with Gasteiger partial charge in [0.1, 0.15) is 16.5 Å². The van der Waals surface area contributed by atoms with Crippen molar-refractivity contribution in [2.75, 3.05) is 32.1 Å². The fourth-order valence-electron chi connectivity index (χ4n) is 3.76. The third kappa shape index (κ3) is 3.39. The van der Waals surface area contributed by atoms with Crippen molar-refractivity contribution in [1.29, 1.82) is 0 Å². The molecule has 3 aromatic heterocycles. The van der Waals surface area contributed by atoms with Gasteiger partial charge in [0.2, 0.25) is 0 Å². The molecule has 0 saturated carbocycles. The summed E-state index contributed by atoms with van der Waals surface area (Å²) in [6.07, 6.45) is 5.74. The summed E-state index contributed by atoms with van der Waals surface area (Å²) in [7, 11) is 3.61. The van der Waals surface area contributed by atoms with Crippen LogP contribution in [0.5, 0.6) is 0 Å². The van der Waals surface area contributed by atoms with E-state index in [9.17, 15) is 4.79 Å². The van der Waals surface area contributed by atoms with Gasteiger partial charge in [0, 0.05) is 50.9 Å². The second-order valence-corrected chi connectivity index (χ2v) is 8.15. The third-order valence-corrected chi connectivity index (χ3v) is 6.14. The lowest BCUT2D eigenvalue weighted by atomic mass is 9.88. The lowest BCUT2D eigenvalue weighted by molar-refractivity contribution is 0.0831. The van der Waals surface area contributed by atoms with E-state index in [4.69, 9.17) is 0 Å². The van der Waals surface area contributed by atoms with Gasteiger partial charge in [-0.15, -0.1) is 11.3 Å². The Morgan fingerprint density at radius 3 is 2.89 bits per heavy atom. The smallest absolute Gasteiger partial charge is 0.263 e. The van der Waals surface area contributed by atoms with E-state index < -0.39 is 0 Å². The molecule has 4 rings (SSSR count). The van der Waals surface area contributed by atoms with E-state index in [0.717, 1.165) is 58.2 Å². The van der Waals surface area contributed by atoms with Crippen LogP contribution in [0.2, 0.25) is 0 Å². The molecule has 7 heteroatoms. The van der Waals surface area contributed by atoms with Gasteiger partial charge >= 0.3 is 0 Å².